The van der Waals surface area contributed by atoms with Crippen molar-refractivity contribution in [3.05, 3.63) is 34.4 Å². The maximum atomic E-state index is 13.4. The summed E-state index contributed by atoms with van der Waals surface area (Å²) in [5, 5.41) is 9.27. The lowest BCUT2D eigenvalue weighted by atomic mass is 9.96. The highest BCUT2D eigenvalue weighted by atomic mass is 32.2. The molecule has 1 aromatic heterocycles. The molecular formula is C15H13FN2O4S2. The second-order valence-corrected chi connectivity index (χ2v) is 9.19. The van der Waals surface area contributed by atoms with Gasteiger partial charge in [0.15, 0.2) is 6.04 Å². The third-order valence-corrected chi connectivity index (χ3v) is 7.17. The van der Waals surface area contributed by atoms with E-state index < -0.39 is 39.6 Å². The molecule has 0 saturated carbocycles. The van der Waals surface area contributed by atoms with Gasteiger partial charge in [-0.15, -0.1) is 11.8 Å². The van der Waals surface area contributed by atoms with Crippen molar-refractivity contribution in [1.82, 2.24) is 8.86 Å². The molecule has 0 unspecified atom stereocenters. The summed E-state index contributed by atoms with van der Waals surface area (Å²) in [4.78, 5) is 38.0. The van der Waals surface area contributed by atoms with Crippen molar-refractivity contribution in [2.75, 3.05) is 0 Å². The molecule has 2 aromatic rings. The summed E-state index contributed by atoms with van der Waals surface area (Å²) in [5.74, 6) is -1.93. The summed E-state index contributed by atoms with van der Waals surface area (Å²) in [6, 6.07) is 2.30. The van der Waals surface area contributed by atoms with Crippen molar-refractivity contribution in [2.45, 2.75) is 36.1 Å². The van der Waals surface area contributed by atoms with E-state index in [0.717, 1.165) is 17.6 Å². The van der Waals surface area contributed by atoms with Gasteiger partial charge in [0.25, 0.3) is 11.5 Å². The van der Waals surface area contributed by atoms with Crippen molar-refractivity contribution in [2.24, 2.45) is 0 Å². The summed E-state index contributed by atoms with van der Waals surface area (Å²) in [6.45, 7) is 3.56. The van der Waals surface area contributed by atoms with Gasteiger partial charge >= 0.3 is 5.97 Å². The Balaban J connectivity index is 1.78. The molecule has 0 bridgehead atoms. The standard InChI is InChI=1S/C15H13FN2O4S2/c1-15(2)10(14(21)22)17-12(20)9(13(17)23-15)18-11(19)7-5-6(16)3-4-8(7)24-18/h3-5,9-10,13H,1-2H3,(H,21,22)/t9-,10+,13-/m1/s1. The van der Waals surface area contributed by atoms with Gasteiger partial charge in [0.1, 0.15) is 17.2 Å². The normalized spacial score (nSPS) is 28.0. The van der Waals surface area contributed by atoms with E-state index >= 15 is 0 Å². The molecule has 0 aliphatic carbocycles. The Hall–Kier alpha value is -1.87. The minimum atomic E-state index is -1.05. The highest BCUT2D eigenvalue weighted by Crippen LogP contribution is 2.55. The number of nitrogens with zero attached hydrogens (tertiary/aromatic N) is 2. The van der Waals surface area contributed by atoms with Crippen LogP contribution in [-0.4, -0.2) is 42.0 Å². The van der Waals surface area contributed by atoms with E-state index in [1.54, 1.807) is 13.8 Å². The molecule has 3 atom stereocenters. The van der Waals surface area contributed by atoms with Gasteiger partial charge in [0.05, 0.1) is 10.1 Å². The van der Waals surface area contributed by atoms with Crippen LogP contribution >= 0.6 is 23.3 Å². The number of carboxylic acid groups (broad SMARTS) is 1. The Bertz CT molecular complexity index is 951. The van der Waals surface area contributed by atoms with E-state index in [4.69, 9.17) is 0 Å². The fourth-order valence-corrected chi connectivity index (χ4v) is 6.24. The largest absolute Gasteiger partial charge is 0.480 e. The topological polar surface area (TPSA) is 79.6 Å². The molecule has 126 valence electrons. The monoisotopic (exact) mass is 368 g/mol. The van der Waals surface area contributed by atoms with Gasteiger partial charge in [0, 0.05) is 4.75 Å². The molecule has 2 saturated heterocycles. The first-order valence-corrected chi connectivity index (χ1v) is 8.91. The highest BCUT2D eigenvalue weighted by Gasteiger charge is 2.64. The van der Waals surface area contributed by atoms with Crippen molar-refractivity contribution in [3.8, 4) is 0 Å². The molecule has 4 rings (SSSR count). The molecule has 6 nitrogen and oxygen atoms in total. The second-order valence-electron chi connectivity index (χ2n) is 6.41. The van der Waals surface area contributed by atoms with E-state index in [9.17, 15) is 23.9 Å². The first kappa shape index (κ1) is 15.6. The van der Waals surface area contributed by atoms with Gasteiger partial charge in [-0.25, -0.2) is 13.1 Å². The Morgan fingerprint density at radius 1 is 1.33 bits per heavy atom. The zero-order valence-corrected chi connectivity index (χ0v) is 14.4. The van der Waals surface area contributed by atoms with Crippen LogP contribution in [0.2, 0.25) is 0 Å². The molecule has 1 aromatic carbocycles. The van der Waals surface area contributed by atoms with Gasteiger partial charge in [-0.2, -0.15) is 0 Å². The predicted octanol–water partition coefficient (Wildman–Crippen LogP) is 1.89. The van der Waals surface area contributed by atoms with Crippen LogP contribution in [0.4, 0.5) is 4.39 Å². The Labute approximate surface area is 144 Å². The SMILES string of the molecule is CC1(C)S[C@@H]2[C@H](n3sc4ccc(F)cc4c3=O)C(=O)N2[C@H]1C(=O)O. The van der Waals surface area contributed by atoms with E-state index in [-0.39, 0.29) is 11.3 Å². The lowest BCUT2D eigenvalue weighted by molar-refractivity contribution is -0.161. The molecule has 24 heavy (non-hydrogen) atoms. The van der Waals surface area contributed by atoms with Crippen molar-refractivity contribution in [1.29, 1.82) is 0 Å². The van der Waals surface area contributed by atoms with E-state index in [1.165, 1.54) is 32.8 Å². The average molecular weight is 368 g/mol. The van der Waals surface area contributed by atoms with Crippen molar-refractivity contribution < 1.29 is 19.1 Å². The van der Waals surface area contributed by atoms with Gasteiger partial charge in [0.2, 0.25) is 0 Å². The molecule has 2 aliphatic rings. The van der Waals surface area contributed by atoms with E-state index in [2.05, 4.69) is 0 Å². The molecule has 2 fully saturated rings. The molecule has 1 amide bonds. The molecule has 0 radical (unpaired) electrons. The number of hydrogen-bond acceptors (Lipinski definition) is 5. The number of fused-ring (bicyclic) bond motifs is 2. The fraction of sp³-hybridized carbons (Fsp3) is 0.400. The predicted molar refractivity (Wildman–Crippen MR) is 88.8 cm³/mol. The number of carbonyl (C=O) groups excluding carboxylic acids is 1. The zero-order valence-electron chi connectivity index (χ0n) is 12.7. The maximum absolute atomic E-state index is 13.4. The quantitative estimate of drug-likeness (QED) is 0.819. The third-order valence-electron chi connectivity index (χ3n) is 4.47. The summed E-state index contributed by atoms with van der Waals surface area (Å²) >= 11 is 2.49. The average Bonchev–Trinajstić information content (AvgIpc) is 2.93. The Kier molecular flexibility index (Phi) is 3.14. The number of carbonyl (C=O) groups is 2. The van der Waals surface area contributed by atoms with Gasteiger partial charge in [-0.05, 0) is 32.0 Å². The van der Waals surface area contributed by atoms with E-state index in [1.807, 2.05) is 0 Å². The minimum absolute atomic E-state index is 0.239. The number of rotatable bonds is 2. The number of aromatic nitrogens is 1. The minimum Gasteiger partial charge on any atom is -0.480 e. The van der Waals surface area contributed by atoms with Crippen LogP contribution in [-0.2, 0) is 9.59 Å². The molecule has 3 heterocycles. The summed E-state index contributed by atoms with van der Waals surface area (Å²) in [6.07, 6.45) is 0. The van der Waals surface area contributed by atoms with E-state index in [0.29, 0.717) is 4.70 Å². The molecule has 1 N–H and O–H groups in total. The maximum Gasteiger partial charge on any atom is 0.327 e. The van der Waals surface area contributed by atoms with Crippen molar-refractivity contribution in [3.63, 3.8) is 0 Å². The van der Waals surface area contributed by atoms with Crippen LogP contribution in [0.15, 0.2) is 23.0 Å². The Morgan fingerprint density at radius 2 is 2.04 bits per heavy atom. The first-order chi connectivity index (χ1) is 11.2. The lowest BCUT2D eigenvalue weighted by Gasteiger charge is -2.43. The van der Waals surface area contributed by atoms with Gasteiger partial charge < -0.3 is 10.0 Å². The first-order valence-electron chi connectivity index (χ1n) is 7.26. The number of aliphatic carboxylic acids is 1. The summed E-state index contributed by atoms with van der Waals surface area (Å²) in [7, 11) is 0. The fourth-order valence-electron chi connectivity index (χ4n) is 3.41. The lowest BCUT2D eigenvalue weighted by Crippen LogP contribution is -2.63. The number of benzene rings is 1. The smallest absolute Gasteiger partial charge is 0.327 e. The van der Waals surface area contributed by atoms with Crippen molar-refractivity contribution >= 4 is 45.3 Å². The third kappa shape index (κ3) is 1.91. The second kappa shape index (κ2) is 4.82. The molecule has 0 spiro atoms. The van der Waals surface area contributed by atoms with Crippen LogP contribution < -0.4 is 5.56 Å². The zero-order chi connectivity index (χ0) is 17.4. The van der Waals surface area contributed by atoms with Gasteiger partial charge in [-0.3, -0.25) is 9.59 Å². The molecule has 2 aliphatic heterocycles. The summed E-state index contributed by atoms with van der Waals surface area (Å²) in [5.41, 5.74) is -0.412. The summed E-state index contributed by atoms with van der Waals surface area (Å²) < 4.78 is 14.7. The molecule has 9 heteroatoms. The number of carboxylic acids is 1. The number of β-lactam (4-membered cyclic amide) rings is 1. The van der Waals surface area contributed by atoms with Crippen LogP contribution in [0.3, 0.4) is 0 Å². The van der Waals surface area contributed by atoms with Crippen LogP contribution in [0.1, 0.15) is 19.9 Å². The van der Waals surface area contributed by atoms with Crippen LogP contribution in [0.5, 0.6) is 0 Å². The highest BCUT2D eigenvalue weighted by molar-refractivity contribution is 8.01. The number of amides is 1. The van der Waals surface area contributed by atoms with Crippen LogP contribution in [0, 0.1) is 5.82 Å². The number of thioether (sulfide) groups is 1. The number of halogens is 1. The Morgan fingerprint density at radius 3 is 2.71 bits per heavy atom. The number of hydrogen-bond donors (Lipinski definition) is 1. The van der Waals surface area contributed by atoms with Gasteiger partial charge in [-0.1, -0.05) is 11.5 Å². The molecular weight excluding hydrogens is 355 g/mol. The van der Waals surface area contributed by atoms with Crippen LogP contribution in [0.25, 0.3) is 10.1 Å².